The fraction of sp³-hybridized carbons (Fsp3) is 0.300. The Morgan fingerprint density at radius 3 is 2.79 bits per heavy atom. The van der Waals surface area contributed by atoms with E-state index in [1.54, 1.807) is 19.1 Å². The average molecular weight is 216 g/mol. The van der Waals surface area contributed by atoms with Crippen molar-refractivity contribution in [3.63, 3.8) is 0 Å². The Balaban J connectivity index is 3.07. The zero-order valence-electron chi connectivity index (χ0n) is 7.97. The summed E-state index contributed by atoms with van der Waals surface area (Å²) < 4.78 is 13.5. The van der Waals surface area contributed by atoms with Crippen LogP contribution in [0.5, 0.6) is 0 Å². The first-order chi connectivity index (χ1) is 6.57. The van der Waals surface area contributed by atoms with Crippen LogP contribution in [0.1, 0.15) is 16.5 Å². The smallest absolute Gasteiger partial charge is 0.242 e. The summed E-state index contributed by atoms with van der Waals surface area (Å²) in [5.74, 6) is -0.827. The van der Waals surface area contributed by atoms with Crippen molar-refractivity contribution >= 4 is 17.5 Å². The molecule has 76 valence electrons. The van der Waals surface area contributed by atoms with Gasteiger partial charge in [-0.3, -0.25) is 4.79 Å². The summed E-state index contributed by atoms with van der Waals surface area (Å²) in [6, 6.07) is 4.81. The number of nitrogens with one attached hydrogen (secondary N) is 1. The van der Waals surface area contributed by atoms with Crippen LogP contribution in [0.25, 0.3) is 0 Å². The van der Waals surface area contributed by atoms with E-state index in [2.05, 4.69) is 5.32 Å². The third-order valence-corrected chi connectivity index (χ3v) is 2.40. The molecule has 14 heavy (non-hydrogen) atoms. The molecule has 0 aliphatic heterocycles. The zero-order chi connectivity index (χ0) is 10.7. The number of hydrogen-bond acceptors (Lipinski definition) is 1. The number of alkyl halides is 1. The van der Waals surface area contributed by atoms with E-state index in [-0.39, 0.29) is 5.56 Å². The largest absolute Gasteiger partial charge is 0.358 e. The van der Waals surface area contributed by atoms with E-state index < -0.39 is 17.1 Å². The molecule has 0 aliphatic carbocycles. The van der Waals surface area contributed by atoms with Gasteiger partial charge in [0.2, 0.25) is 5.91 Å². The fourth-order valence-corrected chi connectivity index (χ4v) is 1.41. The first-order valence-electron chi connectivity index (χ1n) is 4.18. The Morgan fingerprint density at radius 1 is 1.57 bits per heavy atom. The SMILES string of the molecule is CNC(=O)C(Cl)c1cccc(C)c1F. The predicted octanol–water partition coefficient (Wildman–Crippen LogP) is 2.16. The lowest BCUT2D eigenvalue weighted by atomic mass is 10.1. The quantitative estimate of drug-likeness (QED) is 0.753. The van der Waals surface area contributed by atoms with E-state index in [1.165, 1.54) is 13.1 Å². The van der Waals surface area contributed by atoms with Crippen molar-refractivity contribution in [3.05, 3.63) is 35.1 Å². The van der Waals surface area contributed by atoms with Gasteiger partial charge in [-0.25, -0.2) is 4.39 Å². The fourth-order valence-electron chi connectivity index (χ4n) is 1.13. The topological polar surface area (TPSA) is 29.1 Å². The van der Waals surface area contributed by atoms with Gasteiger partial charge in [-0.15, -0.1) is 11.6 Å². The zero-order valence-corrected chi connectivity index (χ0v) is 8.73. The molecular formula is C10H11ClFNO. The van der Waals surface area contributed by atoms with Gasteiger partial charge in [0, 0.05) is 12.6 Å². The molecule has 0 fully saturated rings. The summed E-state index contributed by atoms with van der Waals surface area (Å²) in [6.07, 6.45) is 0. The van der Waals surface area contributed by atoms with Crippen LogP contribution in [0.2, 0.25) is 0 Å². The Morgan fingerprint density at radius 2 is 2.21 bits per heavy atom. The highest BCUT2D eigenvalue weighted by Crippen LogP contribution is 2.24. The molecule has 0 heterocycles. The van der Waals surface area contributed by atoms with Crippen molar-refractivity contribution in [3.8, 4) is 0 Å². The summed E-state index contributed by atoms with van der Waals surface area (Å²) in [5.41, 5.74) is 0.697. The number of halogens is 2. The molecule has 1 rings (SSSR count). The minimum absolute atomic E-state index is 0.214. The normalized spacial score (nSPS) is 12.3. The lowest BCUT2D eigenvalue weighted by molar-refractivity contribution is -0.120. The molecule has 0 radical (unpaired) electrons. The summed E-state index contributed by atoms with van der Waals surface area (Å²) in [6.45, 7) is 1.63. The second-order valence-corrected chi connectivity index (χ2v) is 3.39. The van der Waals surface area contributed by atoms with Gasteiger partial charge in [-0.2, -0.15) is 0 Å². The van der Waals surface area contributed by atoms with Crippen molar-refractivity contribution in [2.75, 3.05) is 7.05 Å². The number of amides is 1. The first kappa shape index (κ1) is 11.0. The minimum atomic E-state index is -0.972. The van der Waals surface area contributed by atoms with E-state index in [9.17, 15) is 9.18 Å². The molecule has 0 saturated carbocycles. The van der Waals surface area contributed by atoms with Gasteiger partial charge in [0.05, 0.1) is 0 Å². The van der Waals surface area contributed by atoms with Gasteiger partial charge in [-0.05, 0) is 12.5 Å². The maximum absolute atomic E-state index is 13.5. The Hall–Kier alpha value is -1.09. The van der Waals surface area contributed by atoms with Gasteiger partial charge < -0.3 is 5.32 Å². The number of carbonyl (C=O) groups is 1. The van der Waals surface area contributed by atoms with Crippen molar-refractivity contribution in [2.24, 2.45) is 0 Å². The van der Waals surface area contributed by atoms with Gasteiger partial charge >= 0.3 is 0 Å². The molecule has 1 amide bonds. The highest BCUT2D eigenvalue weighted by atomic mass is 35.5. The average Bonchev–Trinajstić information content (AvgIpc) is 2.20. The van der Waals surface area contributed by atoms with Crippen LogP contribution in [-0.4, -0.2) is 13.0 Å². The van der Waals surface area contributed by atoms with Crippen LogP contribution in [0.4, 0.5) is 4.39 Å². The van der Waals surface area contributed by atoms with Gasteiger partial charge in [0.25, 0.3) is 0 Å². The number of aryl methyl sites for hydroxylation is 1. The molecule has 0 aliphatic rings. The highest BCUT2D eigenvalue weighted by Gasteiger charge is 2.20. The monoisotopic (exact) mass is 215 g/mol. The lowest BCUT2D eigenvalue weighted by Crippen LogP contribution is -2.23. The Kier molecular flexibility index (Phi) is 3.47. The molecule has 0 aromatic heterocycles. The summed E-state index contributed by atoms with van der Waals surface area (Å²) in [5, 5.41) is 1.40. The van der Waals surface area contributed by atoms with Crippen LogP contribution in [0.3, 0.4) is 0 Å². The number of benzene rings is 1. The van der Waals surface area contributed by atoms with E-state index in [4.69, 9.17) is 11.6 Å². The van der Waals surface area contributed by atoms with Crippen molar-refractivity contribution in [1.29, 1.82) is 0 Å². The molecule has 1 N–H and O–H groups in total. The van der Waals surface area contributed by atoms with E-state index in [0.717, 1.165) is 0 Å². The number of hydrogen-bond donors (Lipinski definition) is 1. The molecule has 2 nitrogen and oxygen atoms in total. The Labute approximate surface area is 87.1 Å². The Bertz CT molecular complexity index is 354. The highest BCUT2D eigenvalue weighted by molar-refractivity contribution is 6.30. The van der Waals surface area contributed by atoms with Crippen LogP contribution in [-0.2, 0) is 4.79 Å². The molecule has 4 heteroatoms. The molecule has 0 spiro atoms. The van der Waals surface area contributed by atoms with E-state index >= 15 is 0 Å². The number of rotatable bonds is 2. The lowest BCUT2D eigenvalue weighted by Gasteiger charge is -2.10. The molecule has 0 saturated heterocycles. The molecular weight excluding hydrogens is 205 g/mol. The third-order valence-electron chi connectivity index (χ3n) is 1.97. The third kappa shape index (κ3) is 2.04. The maximum Gasteiger partial charge on any atom is 0.242 e. The van der Waals surface area contributed by atoms with Crippen molar-refractivity contribution < 1.29 is 9.18 Å². The minimum Gasteiger partial charge on any atom is -0.358 e. The summed E-state index contributed by atoms with van der Waals surface area (Å²) >= 11 is 5.78. The molecule has 1 unspecified atom stereocenters. The maximum atomic E-state index is 13.5. The second kappa shape index (κ2) is 4.42. The van der Waals surface area contributed by atoms with Crippen LogP contribution >= 0.6 is 11.6 Å². The van der Waals surface area contributed by atoms with Gasteiger partial charge in [-0.1, -0.05) is 18.2 Å². The van der Waals surface area contributed by atoms with Crippen molar-refractivity contribution in [2.45, 2.75) is 12.3 Å². The van der Waals surface area contributed by atoms with E-state index in [0.29, 0.717) is 5.56 Å². The molecule has 1 atom stereocenters. The van der Waals surface area contributed by atoms with E-state index in [1.807, 2.05) is 0 Å². The van der Waals surface area contributed by atoms with Crippen LogP contribution in [0.15, 0.2) is 18.2 Å². The van der Waals surface area contributed by atoms with Crippen LogP contribution < -0.4 is 5.32 Å². The number of carbonyl (C=O) groups excluding carboxylic acids is 1. The molecule has 0 bridgehead atoms. The molecule has 1 aromatic carbocycles. The summed E-state index contributed by atoms with van der Waals surface area (Å²) in [7, 11) is 1.46. The van der Waals surface area contributed by atoms with Gasteiger partial charge in [0.15, 0.2) is 0 Å². The molecule has 1 aromatic rings. The van der Waals surface area contributed by atoms with Crippen LogP contribution in [0, 0.1) is 12.7 Å². The van der Waals surface area contributed by atoms with Crippen molar-refractivity contribution in [1.82, 2.24) is 5.32 Å². The number of likely N-dealkylation sites (N-methyl/N-ethyl adjacent to an activating group) is 1. The summed E-state index contributed by atoms with van der Waals surface area (Å²) in [4.78, 5) is 11.2. The first-order valence-corrected chi connectivity index (χ1v) is 4.62. The second-order valence-electron chi connectivity index (χ2n) is 2.95. The predicted molar refractivity (Wildman–Crippen MR) is 53.8 cm³/mol. The standard InChI is InChI=1S/C10H11ClFNO/c1-6-4-3-5-7(9(6)12)8(11)10(14)13-2/h3-5,8H,1-2H3,(H,13,14). The van der Waals surface area contributed by atoms with Gasteiger partial charge in [0.1, 0.15) is 11.2 Å².